The van der Waals surface area contributed by atoms with Gasteiger partial charge in [-0.05, 0) is 74.1 Å². The normalized spacial score (nSPS) is 20.9. The second kappa shape index (κ2) is 9.53. The molecule has 190 valence electrons. The van der Waals surface area contributed by atoms with Crippen molar-refractivity contribution in [3.63, 3.8) is 0 Å². The number of rotatable bonds is 6. The van der Waals surface area contributed by atoms with Gasteiger partial charge in [-0.15, -0.1) is 4.68 Å². The molecule has 0 amide bonds. The van der Waals surface area contributed by atoms with Gasteiger partial charge in [-0.1, -0.05) is 27.7 Å². The first-order valence-electron chi connectivity index (χ1n) is 12.8. The van der Waals surface area contributed by atoms with Gasteiger partial charge in [-0.2, -0.15) is 15.7 Å². The van der Waals surface area contributed by atoms with Crippen LogP contribution in [-0.2, 0) is 16.3 Å². The van der Waals surface area contributed by atoms with Gasteiger partial charge >= 0.3 is 0 Å². The number of fused-ring (bicyclic) bond motifs is 1. The van der Waals surface area contributed by atoms with Crippen molar-refractivity contribution in [3.8, 4) is 17.3 Å². The fourth-order valence-corrected chi connectivity index (χ4v) is 5.60. The van der Waals surface area contributed by atoms with E-state index in [0.717, 1.165) is 47.5 Å². The van der Waals surface area contributed by atoms with Crippen molar-refractivity contribution in [2.45, 2.75) is 90.4 Å². The number of nitriles is 1. The Bertz CT molecular complexity index is 1270. The standard InChI is InChI=1S/C28H39N6OSi/c1-19(2)34-14-11-25(33-34)32-26-30-13-10-24(31-26)20-15-21(17-29)22-9-12-28(6,23(22)16-20)18-35-36(7,8)27(3,4)5/h10,13-16,19H,9,11-12,18H2,1-8H3,(H,30,31,32,33)/q+1/t28-/m0/s1. The Balaban J connectivity index is 1.65. The first-order valence-corrected chi connectivity index (χ1v) is 15.7. The zero-order valence-corrected chi connectivity index (χ0v) is 23.9. The molecule has 0 saturated carbocycles. The third kappa shape index (κ3) is 5.13. The molecule has 1 aliphatic carbocycles. The number of hydrazine groups is 1. The lowest BCUT2D eigenvalue weighted by molar-refractivity contribution is -0.591. The average Bonchev–Trinajstić information content (AvgIpc) is 3.42. The first kappa shape index (κ1) is 26.2. The molecule has 0 spiro atoms. The predicted molar refractivity (Wildman–Crippen MR) is 147 cm³/mol. The van der Waals surface area contributed by atoms with Crippen LogP contribution in [0.25, 0.3) is 11.3 Å². The monoisotopic (exact) mass is 503 g/mol. The fraction of sp³-hybridized carbons (Fsp3) is 0.536. The summed E-state index contributed by atoms with van der Waals surface area (Å²) in [5.41, 5.74) is 7.94. The summed E-state index contributed by atoms with van der Waals surface area (Å²) in [7, 11) is -1.89. The number of amidine groups is 1. The third-order valence-electron chi connectivity index (χ3n) is 7.97. The largest absolute Gasteiger partial charge is 0.416 e. The van der Waals surface area contributed by atoms with Crippen LogP contribution in [-0.4, -0.2) is 47.7 Å². The molecule has 1 aromatic carbocycles. The van der Waals surface area contributed by atoms with Crippen molar-refractivity contribution in [2.75, 3.05) is 6.61 Å². The van der Waals surface area contributed by atoms with Gasteiger partial charge < -0.3 is 4.43 Å². The second-order valence-electron chi connectivity index (χ2n) is 12.1. The molecule has 2 aliphatic rings. The van der Waals surface area contributed by atoms with E-state index in [0.29, 0.717) is 18.6 Å². The summed E-state index contributed by atoms with van der Waals surface area (Å²) in [5.74, 6) is 1.24. The zero-order chi connectivity index (χ0) is 26.3. The lowest BCUT2D eigenvalue weighted by Gasteiger charge is -2.39. The predicted octanol–water partition coefficient (Wildman–Crippen LogP) is 5.67. The molecule has 36 heavy (non-hydrogen) atoms. The maximum Gasteiger partial charge on any atom is 0.251 e. The zero-order valence-electron chi connectivity index (χ0n) is 22.9. The van der Waals surface area contributed by atoms with E-state index in [1.165, 1.54) is 5.56 Å². The van der Waals surface area contributed by atoms with Crippen molar-refractivity contribution >= 4 is 26.3 Å². The summed E-state index contributed by atoms with van der Waals surface area (Å²) < 4.78 is 8.71. The van der Waals surface area contributed by atoms with E-state index in [2.05, 4.69) is 88.4 Å². The highest BCUT2D eigenvalue weighted by Gasteiger charge is 2.42. The topological polar surface area (TPSA) is 86.2 Å². The summed E-state index contributed by atoms with van der Waals surface area (Å²) in [5, 5.41) is 10.1. The van der Waals surface area contributed by atoms with Gasteiger partial charge in [0.1, 0.15) is 0 Å². The minimum absolute atomic E-state index is 0.132. The molecular formula is C28H39N6OSi+. The summed E-state index contributed by atoms with van der Waals surface area (Å²) in [6.45, 7) is 18.6. The molecular weight excluding hydrogens is 464 g/mol. The van der Waals surface area contributed by atoms with Crippen molar-refractivity contribution in [3.05, 3.63) is 41.1 Å². The van der Waals surface area contributed by atoms with E-state index in [1.54, 1.807) is 6.20 Å². The molecule has 1 aliphatic heterocycles. The minimum atomic E-state index is -1.89. The molecule has 4 rings (SSSR count). The highest BCUT2D eigenvalue weighted by molar-refractivity contribution is 6.74. The molecule has 2 aromatic rings. The van der Waals surface area contributed by atoms with E-state index in [-0.39, 0.29) is 10.5 Å². The maximum absolute atomic E-state index is 9.98. The van der Waals surface area contributed by atoms with E-state index in [1.807, 2.05) is 16.8 Å². The molecule has 7 nitrogen and oxygen atoms in total. The number of hydrogen-bond donors (Lipinski definition) is 1. The van der Waals surface area contributed by atoms with Crippen LogP contribution in [0.3, 0.4) is 0 Å². The van der Waals surface area contributed by atoms with Crippen molar-refractivity contribution in [1.82, 2.24) is 15.4 Å². The number of nitrogens with one attached hydrogen (secondary N) is 1. The number of aliphatic imine (C=N–C) groups is 1. The fourth-order valence-electron chi connectivity index (χ4n) is 4.49. The SMILES string of the molecule is CC(C)[N+]1=CCC(=Nc2nccc(-c3cc(C#N)c4c(c3)[C@](C)(CO[Si](C)(C)C(C)(C)C)CC4)n2)N1. The third-order valence-corrected chi connectivity index (χ3v) is 12.5. The van der Waals surface area contributed by atoms with Gasteiger partial charge in [0.25, 0.3) is 5.95 Å². The Morgan fingerprint density at radius 2 is 2.06 bits per heavy atom. The van der Waals surface area contributed by atoms with Gasteiger partial charge in [0.15, 0.2) is 26.4 Å². The van der Waals surface area contributed by atoms with Gasteiger partial charge in [0.2, 0.25) is 0 Å². The van der Waals surface area contributed by atoms with Crippen LogP contribution in [0.5, 0.6) is 0 Å². The van der Waals surface area contributed by atoms with Crippen molar-refractivity contribution < 1.29 is 9.11 Å². The summed E-state index contributed by atoms with van der Waals surface area (Å²) in [4.78, 5) is 13.7. The van der Waals surface area contributed by atoms with Crippen LogP contribution in [0, 0.1) is 11.3 Å². The molecule has 0 fully saturated rings. The summed E-state index contributed by atoms with van der Waals surface area (Å²) in [6.07, 6.45) is 6.41. The number of hydrogen-bond acceptors (Lipinski definition) is 5. The highest BCUT2D eigenvalue weighted by Crippen LogP contribution is 2.44. The Morgan fingerprint density at radius 1 is 1.31 bits per heavy atom. The van der Waals surface area contributed by atoms with Crippen LogP contribution in [0.4, 0.5) is 5.95 Å². The first-order chi connectivity index (χ1) is 16.8. The van der Waals surface area contributed by atoms with Gasteiger partial charge in [-0.25, -0.2) is 9.97 Å². The van der Waals surface area contributed by atoms with Gasteiger partial charge in [-0.3, -0.25) is 0 Å². The minimum Gasteiger partial charge on any atom is -0.416 e. The summed E-state index contributed by atoms with van der Waals surface area (Å²) >= 11 is 0. The second-order valence-corrected chi connectivity index (χ2v) is 16.9. The van der Waals surface area contributed by atoms with Crippen LogP contribution >= 0.6 is 0 Å². The quantitative estimate of drug-likeness (QED) is 0.405. The average molecular weight is 504 g/mol. The lowest BCUT2D eigenvalue weighted by Crippen LogP contribution is -2.44. The molecule has 1 aromatic heterocycles. The molecule has 2 heterocycles. The van der Waals surface area contributed by atoms with E-state index in [9.17, 15) is 5.26 Å². The molecule has 1 atom stereocenters. The molecule has 0 radical (unpaired) electrons. The van der Waals surface area contributed by atoms with Gasteiger partial charge in [0.05, 0.1) is 23.7 Å². The molecule has 8 heteroatoms. The molecule has 0 unspecified atom stereocenters. The van der Waals surface area contributed by atoms with Crippen molar-refractivity contribution in [1.29, 1.82) is 5.26 Å². The Hall–Kier alpha value is -2.89. The Kier molecular flexibility index (Phi) is 6.93. The molecule has 0 bridgehead atoms. The lowest BCUT2D eigenvalue weighted by atomic mass is 9.83. The van der Waals surface area contributed by atoms with Crippen LogP contribution in [0.15, 0.2) is 29.4 Å². The summed E-state index contributed by atoms with van der Waals surface area (Å²) in [6, 6.07) is 8.84. The number of aromatic nitrogens is 2. The smallest absolute Gasteiger partial charge is 0.251 e. The van der Waals surface area contributed by atoms with Crippen LogP contribution in [0.2, 0.25) is 18.1 Å². The van der Waals surface area contributed by atoms with Crippen LogP contribution < -0.4 is 5.43 Å². The molecule has 0 saturated heterocycles. The van der Waals surface area contributed by atoms with E-state index >= 15 is 0 Å². The van der Waals surface area contributed by atoms with Gasteiger partial charge in [0, 0.05) is 23.8 Å². The number of nitrogens with zero attached hydrogens (tertiary/aromatic N) is 5. The Morgan fingerprint density at radius 3 is 2.69 bits per heavy atom. The number of benzene rings is 1. The van der Waals surface area contributed by atoms with E-state index < -0.39 is 8.32 Å². The Labute approximate surface area is 216 Å². The highest BCUT2D eigenvalue weighted by atomic mass is 28.4. The van der Waals surface area contributed by atoms with Crippen LogP contribution in [0.1, 0.15) is 71.1 Å². The van der Waals surface area contributed by atoms with E-state index in [4.69, 9.17) is 9.41 Å². The molecule has 1 N–H and O–H groups in total. The van der Waals surface area contributed by atoms with Crippen molar-refractivity contribution in [2.24, 2.45) is 4.99 Å². The number of hydrazone groups is 1. The maximum atomic E-state index is 9.98.